The van der Waals surface area contributed by atoms with Gasteiger partial charge in [0.2, 0.25) is 0 Å². The lowest BCUT2D eigenvalue weighted by molar-refractivity contribution is -0.221. The number of benzene rings is 2. The van der Waals surface area contributed by atoms with Gasteiger partial charge in [-0.3, -0.25) is 4.79 Å². The largest absolute Gasteiger partial charge is 0.508 e. The van der Waals surface area contributed by atoms with Gasteiger partial charge >= 0.3 is 17.9 Å². The van der Waals surface area contributed by atoms with Gasteiger partial charge in [-0.05, 0) is 146 Å². The predicted molar refractivity (Wildman–Crippen MR) is 216 cm³/mol. The van der Waals surface area contributed by atoms with E-state index in [-0.39, 0.29) is 69.6 Å². The molecular formula is C48H60O8. The highest BCUT2D eigenvalue weighted by molar-refractivity contribution is 5.87. The molecular weight excluding hydrogens is 705 g/mol. The van der Waals surface area contributed by atoms with Crippen LogP contribution in [0.2, 0.25) is 0 Å². The number of carboxylic acid groups (broad SMARTS) is 1. The van der Waals surface area contributed by atoms with E-state index in [1.54, 1.807) is 60.7 Å². The van der Waals surface area contributed by atoms with Gasteiger partial charge in [-0.15, -0.1) is 0 Å². The zero-order valence-electron chi connectivity index (χ0n) is 34.0. The number of phenols is 2. The molecule has 0 radical (unpaired) electrons. The van der Waals surface area contributed by atoms with Gasteiger partial charge in [0.15, 0.2) is 0 Å². The lowest BCUT2D eigenvalue weighted by atomic mass is 9.33. The summed E-state index contributed by atoms with van der Waals surface area (Å²) in [4.78, 5) is 40.1. The van der Waals surface area contributed by atoms with E-state index < -0.39 is 22.8 Å². The molecule has 4 saturated carbocycles. The number of fused-ring (bicyclic) bond motifs is 7. The van der Waals surface area contributed by atoms with Crippen LogP contribution in [-0.2, 0) is 23.9 Å². The highest BCUT2D eigenvalue weighted by Gasteiger charge is 2.71. The number of hydrogen-bond acceptors (Lipinski definition) is 7. The molecule has 5 aliphatic carbocycles. The summed E-state index contributed by atoms with van der Waals surface area (Å²) < 4.78 is 12.6. The number of hydrogen-bond donors (Lipinski definition) is 3. The standard InChI is InChI=1S/C48H60O8/c1-43(2)25-26-47(42(53)54)27-28-48(30-55-40(51)19-11-31-7-13-33(49)14-8-31)35(36(47)29-43)17-18-38-45(5)23-22-39(44(3,4)37(45)21-24-46(38,48)6)56-41(52)20-12-32-9-15-34(50)16-10-32/h7-17,19-20,36-39,49-50H,18,21-30H2,1-6H3,(H,53,54)/b19-11+,20-12-/t36-,37-,38+,39-,45-,46+,47-,48-/m0/s1. The van der Waals surface area contributed by atoms with Gasteiger partial charge in [-0.2, -0.15) is 0 Å². The number of ether oxygens (including phenoxy) is 2. The van der Waals surface area contributed by atoms with Crippen LogP contribution in [0.5, 0.6) is 11.5 Å². The molecule has 300 valence electrons. The molecule has 56 heavy (non-hydrogen) atoms. The minimum absolute atomic E-state index is 0.00243. The number of aromatic hydroxyl groups is 2. The number of aliphatic carboxylic acids is 1. The maximum Gasteiger partial charge on any atom is 0.331 e. The van der Waals surface area contributed by atoms with Crippen molar-refractivity contribution >= 4 is 30.1 Å². The maximum atomic E-state index is 13.5. The summed E-state index contributed by atoms with van der Waals surface area (Å²) >= 11 is 0. The molecule has 4 fully saturated rings. The molecule has 0 aliphatic heterocycles. The number of phenolic OH excluding ortho intramolecular Hbond substituents is 2. The Bertz CT molecular complexity index is 1940. The summed E-state index contributed by atoms with van der Waals surface area (Å²) in [5.74, 6) is -0.771. The molecule has 7 rings (SSSR count). The summed E-state index contributed by atoms with van der Waals surface area (Å²) in [5, 5.41) is 30.3. The van der Waals surface area contributed by atoms with Crippen LogP contribution in [0.15, 0.2) is 72.3 Å². The number of carbonyl (C=O) groups is 3. The van der Waals surface area contributed by atoms with E-state index in [0.717, 1.165) is 56.1 Å². The van der Waals surface area contributed by atoms with Crippen molar-refractivity contribution < 1.29 is 39.2 Å². The predicted octanol–water partition coefficient (Wildman–Crippen LogP) is 10.1. The Balaban J connectivity index is 1.20. The fraction of sp³-hybridized carbons (Fsp3) is 0.562. The fourth-order valence-electron chi connectivity index (χ4n) is 12.8. The lowest BCUT2D eigenvalue weighted by Crippen LogP contribution is -2.67. The molecule has 2 aromatic rings. The summed E-state index contributed by atoms with van der Waals surface area (Å²) in [5.41, 5.74) is 0.800. The second kappa shape index (κ2) is 14.2. The Morgan fingerprint density at radius 2 is 1.32 bits per heavy atom. The Morgan fingerprint density at radius 3 is 1.93 bits per heavy atom. The Hall–Kier alpha value is -4.33. The highest BCUT2D eigenvalue weighted by Crippen LogP contribution is 2.76. The van der Waals surface area contributed by atoms with Crippen LogP contribution in [0.1, 0.15) is 117 Å². The van der Waals surface area contributed by atoms with Crippen LogP contribution in [0.25, 0.3) is 12.2 Å². The minimum atomic E-state index is -0.821. The summed E-state index contributed by atoms with van der Waals surface area (Å²) in [6.07, 6.45) is 16.3. The molecule has 0 amide bonds. The van der Waals surface area contributed by atoms with E-state index >= 15 is 0 Å². The Labute approximate surface area is 332 Å². The fourth-order valence-corrected chi connectivity index (χ4v) is 12.8. The van der Waals surface area contributed by atoms with Crippen LogP contribution < -0.4 is 0 Å². The molecule has 0 spiro atoms. The van der Waals surface area contributed by atoms with Crippen molar-refractivity contribution in [2.45, 2.75) is 112 Å². The molecule has 2 aromatic carbocycles. The van der Waals surface area contributed by atoms with Gasteiger partial charge in [0.05, 0.1) is 5.41 Å². The SMILES string of the molecule is CC1(C)CC[C@]2(C(=O)O)CC[C@]3(COC(=O)/C=C/c4ccc(O)cc4)C(=CC[C@@H]4[C@@]5(C)CC[C@H](OC(=O)/C=C\c6ccc(O)cc6)C(C)(C)[C@@H]5CC[C@]43C)[C@@H]2C1. The molecule has 0 unspecified atom stereocenters. The summed E-state index contributed by atoms with van der Waals surface area (Å²) in [6, 6.07) is 13.3. The topological polar surface area (TPSA) is 130 Å². The lowest BCUT2D eigenvalue weighted by Gasteiger charge is -2.71. The average molecular weight is 765 g/mol. The molecule has 0 saturated heterocycles. The van der Waals surface area contributed by atoms with Gasteiger partial charge in [-0.1, -0.05) is 77.5 Å². The van der Waals surface area contributed by atoms with E-state index in [1.807, 2.05) is 0 Å². The third kappa shape index (κ3) is 6.68. The van der Waals surface area contributed by atoms with Crippen molar-refractivity contribution in [1.82, 2.24) is 0 Å². The van der Waals surface area contributed by atoms with Crippen molar-refractivity contribution in [2.24, 2.45) is 50.2 Å². The number of esters is 2. The van der Waals surface area contributed by atoms with E-state index in [1.165, 1.54) is 17.7 Å². The van der Waals surface area contributed by atoms with Gasteiger partial charge in [-0.25, -0.2) is 9.59 Å². The van der Waals surface area contributed by atoms with Crippen LogP contribution in [-0.4, -0.2) is 45.9 Å². The molecule has 8 atom stereocenters. The van der Waals surface area contributed by atoms with Gasteiger partial charge in [0.1, 0.15) is 24.2 Å². The third-order valence-electron chi connectivity index (χ3n) is 16.0. The minimum Gasteiger partial charge on any atom is -0.508 e. The van der Waals surface area contributed by atoms with Crippen LogP contribution >= 0.6 is 0 Å². The molecule has 0 heterocycles. The average Bonchev–Trinajstić information content (AvgIpc) is 3.14. The maximum absolute atomic E-state index is 13.5. The number of rotatable bonds is 8. The molecule has 8 heteroatoms. The third-order valence-corrected chi connectivity index (χ3v) is 16.0. The van der Waals surface area contributed by atoms with Crippen molar-refractivity contribution in [1.29, 1.82) is 0 Å². The van der Waals surface area contributed by atoms with Crippen molar-refractivity contribution in [3.05, 3.63) is 83.5 Å². The molecule has 0 bridgehead atoms. The van der Waals surface area contributed by atoms with Crippen LogP contribution in [0, 0.1) is 50.2 Å². The first-order valence-corrected chi connectivity index (χ1v) is 20.6. The second-order valence-electron chi connectivity index (χ2n) is 19.7. The van der Waals surface area contributed by atoms with E-state index in [2.05, 4.69) is 47.6 Å². The highest BCUT2D eigenvalue weighted by atomic mass is 16.5. The van der Waals surface area contributed by atoms with Gasteiger partial charge in [0.25, 0.3) is 0 Å². The molecule has 8 nitrogen and oxygen atoms in total. The van der Waals surface area contributed by atoms with E-state index in [0.29, 0.717) is 19.3 Å². The molecule has 5 aliphatic rings. The second-order valence-corrected chi connectivity index (χ2v) is 19.7. The Kier molecular flexibility index (Phi) is 10.1. The zero-order valence-corrected chi connectivity index (χ0v) is 34.0. The Morgan fingerprint density at radius 1 is 0.732 bits per heavy atom. The van der Waals surface area contributed by atoms with E-state index in [9.17, 15) is 29.7 Å². The summed E-state index contributed by atoms with van der Waals surface area (Å²) in [6.45, 7) is 14.1. The normalized spacial score (nSPS) is 35.6. The molecule has 3 N–H and O–H groups in total. The smallest absolute Gasteiger partial charge is 0.331 e. The number of carboxylic acids is 1. The van der Waals surface area contributed by atoms with Crippen molar-refractivity contribution in [3.63, 3.8) is 0 Å². The first-order valence-electron chi connectivity index (χ1n) is 20.6. The van der Waals surface area contributed by atoms with Crippen LogP contribution in [0.4, 0.5) is 0 Å². The summed E-state index contributed by atoms with van der Waals surface area (Å²) in [7, 11) is 0. The van der Waals surface area contributed by atoms with Crippen molar-refractivity contribution in [2.75, 3.05) is 6.61 Å². The number of carbonyl (C=O) groups excluding carboxylic acids is 2. The monoisotopic (exact) mass is 764 g/mol. The first-order chi connectivity index (χ1) is 26.4. The van der Waals surface area contributed by atoms with Crippen LogP contribution in [0.3, 0.4) is 0 Å². The van der Waals surface area contributed by atoms with E-state index in [4.69, 9.17) is 9.47 Å². The van der Waals surface area contributed by atoms with Gasteiger partial charge in [0, 0.05) is 23.0 Å². The first kappa shape index (κ1) is 39.9. The zero-order chi connectivity index (χ0) is 40.3. The van der Waals surface area contributed by atoms with Crippen molar-refractivity contribution in [3.8, 4) is 11.5 Å². The number of allylic oxidation sites excluding steroid dienone is 1. The van der Waals surface area contributed by atoms with Gasteiger partial charge < -0.3 is 24.8 Å². The quantitative estimate of drug-likeness (QED) is 0.138. The molecule has 0 aromatic heterocycles.